The average molecular weight is 493 g/mol. The number of para-hydroxylation sites is 1. The number of aryl methyl sites for hydroxylation is 1. The molecule has 0 aliphatic carbocycles. The van der Waals surface area contributed by atoms with Crippen LogP contribution in [0, 0.1) is 6.92 Å². The number of methoxy groups -OCH3 is 1. The summed E-state index contributed by atoms with van der Waals surface area (Å²) in [4.78, 5) is 31.9. The zero-order valence-corrected chi connectivity index (χ0v) is 21.1. The van der Waals surface area contributed by atoms with E-state index in [1.54, 1.807) is 23.3 Å². The standard InChI is InChI=1S/C28H32N2O4S/c1-21-9-6-7-12-23(21)28(32)29(15-8-17-33-2)19-27(31)30-16-13-26-24(14-18-35-26)25(30)20-34-22-10-4-3-5-11-22/h3-7,9-12,14,18,25H,8,13,15-17,19-20H2,1-2H3/t25-/m0/s1. The van der Waals surface area contributed by atoms with E-state index in [0.717, 1.165) is 23.3 Å². The molecular weight excluding hydrogens is 460 g/mol. The molecular formula is C28H32N2O4S. The molecule has 2 aromatic carbocycles. The topological polar surface area (TPSA) is 59.1 Å². The maximum absolute atomic E-state index is 13.7. The van der Waals surface area contributed by atoms with E-state index in [1.165, 1.54) is 4.88 Å². The number of hydrogen-bond donors (Lipinski definition) is 0. The maximum atomic E-state index is 13.7. The van der Waals surface area contributed by atoms with Crippen molar-refractivity contribution in [3.8, 4) is 5.75 Å². The molecule has 4 rings (SSSR count). The van der Waals surface area contributed by atoms with Crippen LogP contribution in [0.3, 0.4) is 0 Å². The molecule has 6 nitrogen and oxygen atoms in total. The lowest BCUT2D eigenvalue weighted by atomic mass is 10.00. The van der Waals surface area contributed by atoms with Crippen molar-refractivity contribution in [3.63, 3.8) is 0 Å². The smallest absolute Gasteiger partial charge is 0.254 e. The minimum atomic E-state index is -0.188. The molecule has 0 spiro atoms. The van der Waals surface area contributed by atoms with Crippen LogP contribution in [0.15, 0.2) is 66.0 Å². The number of carbonyl (C=O) groups excluding carboxylic acids is 2. The molecule has 2 heterocycles. The first kappa shape index (κ1) is 24.9. The van der Waals surface area contributed by atoms with Crippen LogP contribution in [0.1, 0.15) is 38.8 Å². The fourth-order valence-corrected chi connectivity index (χ4v) is 5.38. The van der Waals surface area contributed by atoms with E-state index in [0.29, 0.717) is 38.3 Å². The molecule has 1 aliphatic heterocycles. The van der Waals surface area contributed by atoms with Gasteiger partial charge in [-0.05, 0) is 60.5 Å². The van der Waals surface area contributed by atoms with Crippen LogP contribution >= 0.6 is 11.3 Å². The molecule has 1 aliphatic rings. The Balaban J connectivity index is 1.53. The van der Waals surface area contributed by atoms with Gasteiger partial charge in [0.25, 0.3) is 5.91 Å². The first-order chi connectivity index (χ1) is 17.1. The third-order valence-electron chi connectivity index (χ3n) is 6.33. The van der Waals surface area contributed by atoms with Crippen molar-refractivity contribution in [3.05, 3.63) is 87.6 Å². The number of fused-ring (bicyclic) bond motifs is 1. The molecule has 3 aromatic rings. The van der Waals surface area contributed by atoms with E-state index in [2.05, 4.69) is 11.4 Å². The quantitative estimate of drug-likeness (QED) is 0.384. The minimum Gasteiger partial charge on any atom is -0.491 e. The Labute approximate surface area is 211 Å². The lowest BCUT2D eigenvalue weighted by molar-refractivity contribution is -0.135. The molecule has 0 fully saturated rings. The molecule has 184 valence electrons. The van der Waals surface area contributed by atoms with Gasteiger partial charge < -0.3 is 19.3 Å². The SMILES string of the molecule is COCCCN(CC(=O)N1CCc2sccc2[C@@H]1COc1ccccc1)C(=O)c1ccccc1C. The molecule has 0 saturated carbocycles. The Bertz CT molecular complexity index is 1130. The summed E-state index contributed by atoms with van der Waals surface area (Å²) in [5, 5.41) is 2.08. The number of amides is 2. The molecule has 35 heavy (non-hydrogen) atoms. The maximum Gasteiger partial charge on any atom is 0.254 e. The summed E-state index contributed by atoms with van der Waals surface area (Å²) in [5.41, 5.74) is 2.67. The van der Waals surface area contributed by atoms with Gasteiger partial charge in [0.2, 0.25) is 5.91 Å². The Morgan fingerprint density at radius 1 is 1.09 bits per heavy atom. The van der Waals surface area contributed by atoms with Gasteiger partial charge in [-0.1, -0.05) is 36.4 Å². The van der Waals surface area contributed by atoms with Crippen LogP contribution in [0.2, 0.25) is 0 Å². The van der Waals surface area contributed by atoms with Gasteiger partial charge >= 0.3 is 0 Å². The number of ether oxygens (including phenoxy) is 2. The van der Waals surface area contributed by atoms with Crippen LogP contribution < -0.4 is 4.74 Å². The third-order valence-corrected chi connectivity index (χ3v) is 7.33. The van der Waals surface area contributed by atoms with Crippen molar-refractivity contribution in [2.75, 3.05) is 40.0 Å². The predicted octanol–water partition coefficient (Wildman–Crippen LogP) is 4.74. The highest BCUT2D eigenvalue weighted by atomic mass is 32.1. The molecule has 1 atom stereocenters. The monoisotopic (exact) mass is 492 g/mol. The van der Waals surface area contributed by atoms with E-state index in [1.807, 2.05) is 66.4 Å². The van der Waals surface area contributed by atoms with Crippen molar-refractivity contribution < 1.29 is 19.1 Å². The van der Waals surface area contributed by atoms with E-state index in [4.69, 9.17) is 9.47 Å². The van der Waals surface area contributed by atoms with Crippen LogP contribution in [0.25, 0.3) is 0 Å². The van der Waals surface area contributed by atoms with Gasteiger partial charge in [0, 0.05) is 37.2 Å². The van der Waals surface area contributed by atoms with Gasteiger partial charge in [0.15, 0.2) is 0 Å². The van der Waals surface area contributed by atoms with Crippen LogP contribution in [0.5, 0.6) is 5.75 Å². The summed E-state index contributed by atoms with van der Waals surface area (Å²) < 4.78 is 11.3. The van der Waals surface area contributed by atoms with Crippen molar-refractivity contribution in [2.45, 2.75) is 25.8 Å². The van der Waals surface area contributed by atoms with E-state index in [-0.39, 0.29) is 24.4 Å². The number of benzene rings is 2. The highest BCUT2D eigenvalue weighted by molar-refractivity contribution is 7.10. The van der Waals surface area contributed by atoms with E-state index >= 15 is 0 Å². The fourth-order valence-electron chi connectivity index (χ4n) is 4.46. The Hall–Kier alpha value is -3.16. The highest BCUT2D eigenvalue weighted by Crippen LogP contribution is 2.34. The first-order valence-corrected chi connectivity index (χ1v) is 12.8. The molecule has 0 saturated heterocycles. The van der Waals surface area contributed by atoms with Crippen molar-refractivity contribution >= 4 is 23.2 Å². The van der Waals surface area contributed by atoms with E-state index < -0.39 is 0 Å². The second kappa shape index (κ2) is 12.0. The molecule has 0 radical (unpaired) electrons. The van der Waals surface area contributed by atoms with Gasteiger partial charge in [-0.25, -0.2) is 0 Å². The Morgan fingerprint density at radius 2 is 1.86 bits per heavy atom. The fraction of sp³-hybridized carbons (Fsp3) is 0.357. The number of rotatable bonds is 10. The molecule has 1 aromatic heterocycles. The number of hydrogen-bond acceptors (Lipinski definition) is 5. The Kier molecular flexibility index (Phi) is 8.55. The summed E-state index contributed by atoms with van der Waals surface area (Å²) in [6.45, 7) is 3.91. The number of thiophene rings is 1. The van der Waals surface area contributed by atoms with Gasteiger partial charge in [-0.2, -0.15) is 0 Å². The summed E-state index contributed by atoms with van der Waals surface area (Å²) >= 11 is 1.72. The highest BCUT2D eigenvalue weighted by Gasteiger charge is 2.33. The minimum absolute atomic E-state index is 0.0260. The molecule has 0 bridgehead atoms. The van der Waals surface area contributed by atoms with Gasteiger partial charge in [-0.3, -0.25) is 9.59 Å². The first-order valence-electron chi connectivity index (χ1n) is 12.0. The predicted molar refractivity (Wildman–Crippen MR) is 138 cm³/mol. The van der Waals surface area contributed by atoms with Crippen LogP contribution in [-0.2, 0) is 16.0 Å². The summed E-state index contributed by atoms with van der Waals surface area (Å²) in [6.07, 6.45) is 1.48. The zero-order valence-electron chi connectivity index (χ0n) is 20.3. The molecule has 0 N–H and O–H groups in total. The van der Waals surface area contributed by atoms with Crippen LogP contribution in [-0.4, -0.2) is 61.6 Å². The molecule has 0 unspecified atom stereocenters. The van der Waals surface area contributed by atoms with Gasteiger partial charge in [0.05, 0.1) is 6.04 Å². The molecule has 7 heteroatoms. The lowest BCUT2D eigenvalue weighted by Gasteiger charge is -2.37. The Morgan fingerprint density at radius 3 is 2.63 bits per heavy atom. The van der Waals surface area contributed by atoms with E-state index in [9.17, 15) is 9.59 Å². The largest absolute Gasteiger partial charge is 0.491 e. The van der Waals surface area contributed by atoms with Gasteiger partial charge in [0.1, 0.15) is 18.9 Å². The van der Waals surface area contributed by atoms with Crippen molar-refractivity contribution in [2.24, 2.45) is 0 Å². The summed E-state index contributed by atoms with van der Waals surface area (Å²) in [6, 6.07) is 19.1. The second-order valence-corrected chi connectivity index (χ2v) is 9.66. The second-order valence-electron chi connectivity index (χ2n) is 8.66. The summed E-state index contributed by atoms with van der Waals surface area (Å²) in [7, 11) is 1.64. The van der Waals surface area contributed by atoms with Crippen molar-refractivity contribution in [1.29, 1.82) is 0 Å². The molecule has 2 amide bonds. The lowest BCUT2D eigenvalue weighted by Crippen LogP contribution is -2.48. The zero-order chi connectivity index (χ0) is 24.6. The normalized spacial score (nSPS) is 14.9. The third kappa shape index (κ3) is 6.10. The van der Waals surface area contributed by atoms with Crippen LogP contribution in [0.4, 0.5) is 0 Å². The average Bonchev–Trinajstić information content (AvgIpc) is 3.36. The summed E-state index contributed by atoms with van der Waals surface area (Å²) in [5.74, 6) is 0.582. The van der Waals surface area contributed by atoms with Gasteiger partial charge in [-0.15, -0.1) is 11.3 Å². The number of carbonyl (C=O) groups is 2. The van der Waals surface area contributed by atoms with Crippen molar-refractivity contribution in [1.82, 2.24) is 9.80 Å². The number of nitrogens with zero attached hydrogens (tertiary/aromatic N) is 2.